The Morgan fingerprint density at radius 1 is 1.00 bits per heavy atom. The van der Waals surface area contributed by atoms with Gasteiger partial charge < -0.3 is 5.11 Å². The maximum absolute atomic E-state index is 10.3. The first-order valence-corrected chi connectivity index (χ1v) is 7.33. The number of halogens is 1. The highest BCUT2D eigenvalue weighted by Gasteiger charge is 2.40. The summed E-state index contributed by atoms with van der Waals surface area (Å²) in [4.78, 5) is 10.7. The van der Waals surface area contributed by atoms with Gasteiger partial charge in [0.25, 0.3) is 0 Å². The van der Waals surface area contributed by atoms with E-state index in [-0.39, 0.29) is 10.9 Å². The summed E-state index contributed by atoms with van der Waals surface area (Å²) >= 11 is 3.48. The van der Waals surface area contributed by atoms with Crippen LogP contribution in [0.2, 0.25) is 0 Å². The molecule has 0 amide bonds. The van der Waals surface area contributed by atoms with Crippen LogP contribution in [0.1, 0.15) is 57.8 Å². The predicted molar refractivity (Wildman–Crippen MR) is 65.2 cm³/mol. The maximum atomic E-state index is 10.3. The van der Waals surface area contributed by atoms with Gasteiger partial charge >= 0.3 is 0 Å². The molecule has 0 aromatic carbocycles. The third-order valence-electron chi connectivity index (χ3n) is 3.61. The van der Waals surface area contributed by atoms with Gasteiger partial charge in [0.1, 0.15) is 0 Å². The zero-order chi connectivity index (χ0) is 11.4. The van der Waals surface area contributed by atoms with E-state index in [4.69, 9.17) is 9.78 Å². The van der Waals surface area contributed by atoms with Crippen LogP contribution in [0.15, 0.2) is 0 Å². The molecule has 0 aromatic rings. The predicted octanol–water partition coefficient (Wildman–Crippen LogP) is 3.29. The smallest absolute Gasteiger partial charge is 0.211 e. The van der Waals surface area contributed by atoms with Gasteiger partial charge in [0.2, 0.25) is 5.79 Å². The lowest BCUT2D eigenvalue weighted by atomic mass is 9.94. The Kier molecular flexibility index (Phi) is 4.65. The second-order valence-corrected chi connectivity index (χ2v) is 6.10. The molecule has 0 radical (unpaired) electrons. The fourth-order valence-electron chi connectivity index (χ4n) is 2.49. The monoisotopic (exact) mass is 292 g/mol. The van der Waals surface area contributed by atoms with Gasteiger partial charge in [-0.25, -0.2) is 4.89 Å². The minimum atomic E-state index is -1.12. The molecule has 2 unspecified atom stereocenters. The molecule has 0 heterocycles. The summed E-state index contributed by atoms with van der Waals surface area (Å²) < 4.78 is 0. The van der Waals surface area contributed by atoms with Gasteiger partial charge in [-0.3, -0.25) is 0 Å². The quantitative estimate of drug-likeness (QED) is 0.375. The Bertz CT molecular complexity index is 218. The van der Waals surface area contributed by atoms with Crippen LogP contribution in [0.5, 0.6) is 0 Å². The maximum Gasteiger partial charge on any atom is 0.211 e. The Labute approximate surface area is 106 Å². The van der Waals surface area contributed by atoms with Crippen LogP contribution in [-0.2, 0) is 9.78 Å². The molecule has 0 saturated heterocycles. The highest BCUT2D eigenvalue weighted by atomic mass is 79.9. The van der Waals surface area contributed by atoms with Crippen LogP contribution in [0.4, 0.5) is 0 Å². The summed E-state index contributed by atoms with van der Waals surface area (Å²) in [6.45, 7) is 0. The van der Waals surface area contributed by atoms with Gasteiger partial charge in [0, 0.05) is 6.42 Å². The van der Waals surface area contributed by atoms with E-state index in [9.17, 15) is 5.11 Å². The molecule has 16 heavy (non-hydrogen) atoms. The zero-order valence-corrected chi connectivity index (χ0v) is 11.2. The van der Waals surface area contributed by atoms with Crippen LogP contribution in [0.25, 0.3) is 0 Å². The van der Waals surface area contributed by atoms with Crippen molar-refractivity contribution in [1.29, 1.82) is 0 Å². The van der Waals surface area contributed by atoms with Crippen molar-refractivity contribution in [1.82, 2.24) is 0 Å². The van der Waals surface area contributed by atoms with E-state index in [1.165, 1.54) is 19.3 Å². The van der Waals surface area contributed by atoms with Gasteiger partial charge in [-0.05, 0) is 25.7 Å². The SMILES string of the molecule is OC1(OOC2CCCCC2)CCCCC1Br. The first-order chi connectivity index (χ1) is 7.71. The van der Waals surface area contributed by atoms with Gasteiger partial charge in [0.05, 0.1) is 10.9 Å². The summed E-state index contributed by atoms with van der Waals surface area (Å²) in [5.74, 6) is -1.12. The Balaban J connectivity index is 1.78. The number of aliphatic hydroxyl groups is 1. The highest BCUT2D eigenvalue weighted by Crippen LogP contribution is 2.35. The average Bonchev–Trinajstić information content (AvgIpc) is 2.32. The van der Waals surface area contributed by atoms with Crippen molar-refractivity contribution < 1.29 is 14.9 Å². The van der Waals surface area contributed by atoms with Crippen LogP contribution in [0, 0.1) is 0 Å². The van der Waals surface area contributed by atoms with E-state index < -0.39 is 5.79 Å². The van der Waals surface area contributed by atoms with Crippen molar-refractivity contribution >= 4 is 15.9 Å². The van der Waals surface area contributed by atoms with E-state index in [0.29, 0.717) is 6.42 Å². The molecule has 2 atom stereocenters. The summed E-state index contributed by atoms with van der Waals surface area (Å²) in [6.07, 6.45) is 9.78. The number of alkyl halides is 1. The summed E-state index contributed by atoms with van der Waals surface area (Å²) in [7, 11) is 0. The van der Waals surface area contributed by atoms with E-state index in [1.54, 1.807) is 0 Å². The second-order valence-electron chi connectivity index (χ2n) is 5.00. The van der Waals surface area contributed by atoms with Gasteiger partial charge in [-0.1, -0.05) is 41.6 Å². The Hall–Kier alpha value is 0.360. The lowest BCUT2D eigenvalue weighted by Gasteiger charge is -2.36. The highest BCUT2D eigenvalue weighted by molar-refractivity contribution is 9.09. The molecule has 0 aromatic heterocycles. The van der Waals surface area contributed by atoms with Crippen LogP contribution < -0.4 is 0 Å². The van der Waals surface area contributed by atoms with E-state index >= 15 is 0 Å². The third-order valence-corrected chi connectivity index (χ3v) is 4.79. The summed E-state index contributed by atoms with van der Waals surface area (Å²) in [5.41, 5.74) is 0. The minimum Gasteiger partial charge on any atom is -0.362 e. The lowest BCUT2D eigenvalue weighted by molar-refractivity contribution is -0.441. The van der Waals surface area contributed by atoms with E-state index in [2.05, 4.69) is 15.9 Å². The first kappa shape index (κ1) is 12.8. The fraction of sp³-hybridized carbons (Fsp3) is 1.00. The molecule has 2 fully saturated rings. The van der Waals surface area contributed by atoms with Crippen LogP contribution in [0.3, 0.4) is 0 Å². The standard InChI is InChI=1S/C12H21BrO3/c13-11-8-4-5-9-12(11,14)16-15-10-6-2-1-3-7-10/h10-11,14H,1-9H2. The van der Waals surface area contributed by atoms with Gasteiger partial charge in [-0.2, -0.15) is 4.89 Å². The number of hydrogen-bond donors (Lipinski definition) is 1. The molecular weight excluding hydrogens is 272 g/mol. The molecule has 2 rings (SSSR count). The topological polar surface area (TPSA) is 38.7 Å². The molecule has 2 aliphatic carbocycles. The van der Waals surface area contributed by atoms with Crippen molar-refractivity contribution in [2.45, 2.75) is 74.5 Å². The lowest BCUT2D eigenvalue weighted by Crippen LogP contribution is -2.45. The number of hydrogen-bond acceptors (Lipinski definition) is 3. The van der Waals surface area contributed by atoms with E-state index in [0.717, 1.165) is 32.1 Å². The largest absolute Gasteiger partial charge is 0.362 e. The molecule has 3 nitrogen and oxygen atoms in total. The Morgan fingerprint density at radius 2 is 1.69 bits per heavy atom. The first-order valence-electron chi connectivity index (χ1n) is 6.42. The fourth-order valence-corrected chi connectivity index (χ4v) is 3.12. The normalized spacial score (nSPS) is 37.5. The zero-order valence-electron chi connectivity index (χ0n) is 9.66. The minimum absolute atomic E-state index is 0.00246. The van der Waals surface area contributed by atoms with Gasteiger partial charge in [0.15, 0.2) is 0 Å². The van der Waals surface area contributed by atoms with Crippen LogP contribution >= 0.6 is 15.9 Å². The van der Waals surface area contributed by atoms with Crippen molar-refractivity contribution in [2.75, 3.05) is 0 Å². The molecular formula is C12H21BrO3. The second kappa shape index (κ2) is 5.80. The molecule has 94 valence electrons. The van der Waals surface area contributed by atoms with Gasteiger partial charge in [-0.15, -0.1) is 0 Å². The Morgan fingerprint density at radius 3 is 2.38 bits per heavy atom. The summed E-state index contributed by atoms with van der Waals surface area (Å²) in [6, 6.07) is 0. The van der Waals surface area contributed by atoms with Crippen molar-refractivity contribution in [2.24, 2.45) is 0 Å². The summed E-state index contributed by atoms with van der Waals surface area (Å²) in [5, 5.41) is 10.3. The molecule has 0 spiro atoms. The molecule has 2 saturated carbocycles. The average molecular weight is 293 g/mol. The molecule has 0 bridgehead atoms. The third kappa shape index (κ3) is 3.19. The molecule has 0 aliphatic heterocycles. The van der Waals surface area contributed by atoms with Crippen molar-refractivity contribution in [3.63, 3.8) is 0 Å². The molecule has 2 aliphatic rings. The molecule has 4 heteroatoms. The van der Waals surface area contributed by atoms with Crippen molar-refractivity contribution in [3.05, 3.63) is 0 Å². The van der Waals surface area contributed by atoms with Crippen LogP contribution in [-0.4, -0.2) is 21.8 Å². The molecule has 1 N–H and O–H groups in total. The van der Waals surface area contributed by atoms with Crippen molar-refractivity contribution in [3.8, 4) is 0 Å². The number of rotatable bonds is 3. The van der Waals surface area contributed by atoms with E-state index in [1.807, 2.05) is 0 Å².